The first-order chi connectivity index (χ1) is 8.24. The van der Waals surface area contributed by atoms with Gasteiger partial charge in [0.05, 0.1) is 26.4 Å². The molecule has 0 aromatic carbocycles. The molecule has 2 aliphatic heterocycles. The summed E-state index contributed by atoms with van der Waals surface area (Å²) in [6.07, 6.45) is 1.19. The van der Waals surface area contributed by atoms with E-state index in [1.807, 2.05) is 0 Å². The van der Waals surface area contributed by atoms with Crippen LogP contribution in [0.15, 0.2) is 0 Å². The average molecular weight is 242 g/mol. The van der Waals surface area contributed by atoms with Gasteiger partial charge in [-0.05, 0) is 13.3 Å². The van der Waals surface area contributed by atoms with Gasteiger partial charge in [-0.3, -0.25) is 4.90 Å². The highest BCUT2D eigenvalue weighted by Gasteiger charge is 2.40. The van der Waals surface area contributed by atoms with Crippen molar-refractivity contribution in [3.05, 3.63) is 0 Å². The maximum absolute atomic E-state index is 5.45. The van der Waals surface area contributed by atoms with E-state index in [1.54, 1.807) is 0 Å². The molecule has 0 amide bonds. The monoisotopic (exact) mass is 242 g/mol. The number of morpholine rings is 1. The van der Waals surface area contributed by atoms with E-state index >= 15 is 0 Å². The number of nitrogens with one attached hydrogen (secondary N) is 1. The molecule has 100 valence electrons. The molecule has 0 bridgehead atoms. The topological polar surface area (TPSA) is 33.7 Å². The van der Waals surface area contributed by atoms with Crippen molar-refractivity contribution in [2.24, 2.45) is 5.41 Å². The third kappa shape index (κ3) is 3.65. The van der Waals surface area contributed by atoms with Crippen LogP contribution in [0.4, 0.5) is 0 Å². The predicted octanol–water partition coefficient (Wildman–Crippen LogP) is 0.723. The van der Waals surface area contributed by atoms with Crippen LogP contribution in [0.2, 0.25) is 0 Å². The van der Waals surface area contributed by atoms with Gasteiger partial charge >= 0.3 is 0 Å². The van der Waals surface area contributed by atoms with Crippen LogP contribution in [-0.2, 0) is 9.47 Å². The number of nitrogens with zero attached hydrogens (tertiary/aromatic N) is 1. The maximum atomic E-state index is 5.45. The molecule has 2 saturated heterocycles. The second kappa shape index (κ2) is 6.14. The van der Waals surface area contributed by atoms with E-state index in [9.17, 15) is 0 Å². The van der Waals surface area contributed by atoms with Gasteiger partial charge in [0.1, 0.15) is 0 Å². The van der Waals surface area contributed by atoms with Gasteiger partial charge in [0.2, 0.25) is 0 Å². The summed E-state index contributed by atoms with van der Waals surface area (Å²) in [4.78, 5) is 2.52. The molecule has 2 aliphatic rings. The smallest absolute Gasteiger partial charge is 0.0594 e. The van der Waals surface area contributed by atoms with Crippen LogP contribution in [-0.4, -0.2) is 63.5 Å². The van der Waals surface area contributed by atoms with Crippen LogP contribution in [0.1, 0.15) is 20.3 Å². The molecule has 1 atom stereocenters. The van der Waals surface area contributed by atoms with Crippen molar-refractivity contribution in [1.29, 1.82) is 0 Å². The van der Waals surface area contributed by atoms with Gasteiger partial charge < -0.3 is 14.8 Å². The first kappa shape index (κ1) is 13.3. The Balaban J connectivity index is 1.77. The molecule has 2 fully saturated rings. The lowest BCUT2D eigenvalue weighted by Gasteiger charge is -2.46. The SMILES string of the molecule is CCC(C)NCC1(CN2CCOCC2)COC1. The van der Waals surface area contributed by atoms with Gasteiger partial charge in [-0.2, -0.15) is 0 Å². The molecule has 0 saturated carbocycles. The van der Waals surface area contributed by atoms with Crippen LogP contribution >= 0.6 is 0 Å². The highest BCUT2D eigenvalue weighted by molar-refractivity contribution is 4.91. The van der Waals surface area contributed by atoms with Gasteiger partial charge in [-0.1, -0.05) is 6.92 Å². The fourth-order valence-electron chi connectivity index (χ4n) is 2.41. The van der Waals surface area contributed by atoms with Gasteiger partial charge in [0, 0.05) is 37.6 Å². The van der Waals surface area contributed by atoms with E-state index in [1.165, 1.54) is 6.42 Å². The van der Waals surface area contributed by atoms with Crippen LogP contribution in [0, 0.1) is 5.41 Å². The lowest BCUT2D eigenvalue weighted by Crippen LogP contribution is -2.58. The molecule has 0 aliphatic carbocycles. The van der Waals surface area contributed by atoms with Crippen molar-refractivity contribution >= 4 is 0 Å². The second-order valence-corrected chi connectivity index (χ2v) is 5.57. The Morgan fingerprint density at radius 1 is 1.24 bits per heavy atom. The fraction of sp³-hybridized carbons (Fsp3) is 1.00. The van der Waals surface area contributed by atoms with E-state index < -0.39 is 0 Å². The first-order valence-electron chi connectivity index (χ1n) is 6.85. The quantitative estimate of drug-likeness (QED) is 0.744. The lowest BCUT2D eigenvalue weighted by molar-refractivity contribution is -0.131. The second-order valence-electron chi connectivity index (χ2n) is 5.57. The van der Waals surface area contributed by atoms with Gasteiger partial charge in [0.25, 0.3) is 0 Å². The summed E-state index contributed by atoms with van der Waals surface area (Å²) in [6, 6.07) is 0.608. The van der Waals surface area contributed by atoms with Gasteiger partial charge in [-0.15, -0.1) is 0 Å². The van der Waals surface area contributed by atoms with Gasteiger partial charge in [-0.25, -0.2) is 0 Å². The largest absolute Gasteiger partial charge is 0.380 e. The molecule has 17 heavy (non-hydrogen) atoms. The highest BCUT2D eigenvalue weighted by Crippen LogP contribution is 2.28. The zero-order valence-corrected chi connectivity index (χ0v) is 11.2. The Kier molecular flexibility index (Phi) is 4.79. The summed E-state index contributed by atoms with van der Waals surface area (Å²) >= 11 is 0. The van der Waals surface area contributed by atoms with Gasteiger partial charge in [0.15, 0.2) is 0 Å². The Bertz CT molecular complexity index is 225. The summed E-state index contributed by atoms with van der Waals surface area (Å²) in [5.74, 6) is 0. The maximum Gasteiger partial charge on any atom is 0.0594 e. The van der Waals surface area contributed by atoms with E-state index in [4.69, 9.17) is 9.47 Å². The average Bonchev–Trinajstić information content (AvgIpc) is 2.33. The van der Waals surface area contributed by atoms with E-state index in [2.05, 4.69) is 24.1 Å². The summed E-state index contributed by atoms with van der Waals surface area (Å²) in [6.45, 7) is 12.5. The summed E-state index contributed by atoms with van der Waals surface area (Å²) in [5, 5.41) is 3.63. The Morgan fingerprint density at radius 3 is 2.47 bits per heavy atom. The first-order valence-corrected chi connectivity index (χ1v) is 6.85. The van der Waals surface area contributed by atoms with E-state index in [0.29, 0.717) is 11.5 Å². The molecule has 1 unspecified atom stereocenters. The van der Waals surface area contributed by atoms with Crippen molar-refractivity contribution in [2.45, 2.75) is 26.3 Å². The summed E-state index contributed by atoms with van der Waals surface area (Å²) in [5.41, 5.74) is 0.348. The molecule has 1 N–H and O–H groups in total. The van der Waals surface area contributed by atoms with Crippen molar-refractivity contribution in [2.75, 3.05) is 52.6 Å². The standard InChI is InChI=1S/C13H26N2O2/c1-3-12(2)14-8-13(10-17-11-13)9-15-4-6-16-7-5-15/h12,14H,3-11H2,1-2H3. The Labute approximate surface area is 105 Å². The summed E-state index contributed by atoms with van der Waals surface area (Å²) in [7, 11) is 0. The zero-order valence-electron chi connectivity index (χ0n) is 11.2. The van der Waals surface area contributed by atoms with Crippen molar-refractivity contribution in [3.8, 4) is 0 Å². The lowest BCUT2D eigenvalue weighted by atomic mass is 9.84. The normalized spacial score (nSPS) is 26.5. The number of rotatable bonds is 6. The molecule has 2 heterocycles. The molecule has 0 aromatic heterocycles. The minimum absolute atomic E-state index is 0.348. The van der Waals surface area contributed by atoms with Crippen LogP contribution < -0.4 is 5.32 Å². The van der Waals surface area contributed by atoms with Crippen molar-refractivity contribution < 1.29 is 9.47 Å². The van der Waals surface area contributed by atoms with Crippen molar-refractivity contribution in [1.82, 2.24) is 10.2 Å². The predicted molar refractivity (Wildman–Crippen MR) is 68.3 cm³/mol. The highest BCUT2D eigenvalue weighted by atomic mass is 16.5. The van der Waals surface area contributed by atoms with Crippen LogP contribution in [0.25, 0.3) is 0 Å². The number of hydrogen-bond donors (Lipinski definition) is 1. The molecular weight excluding hydrogens is 216 g/mol. The van der Waals surface area contributed by atoms with Crippen molar-refractivity contribution in [3.63, 3.8) is 0 Å². The molecule has 4 heteroatoms. The molecule has 2 rings (SSSR count). The molecule has 0 spiro atoms. The van der Waals surface area contributed by atoms with E-state index in [-0.39, 0.29) is 0 Å². The molecule has 0 aromatic rings. The third-order valence-electron chi connectivity index (χ3n) is 3.92. The summed E-state index contributed by atoms with van der Waals surface area (Å²) < 4.78 is 10.8. The van der Waals surface area contributed by atoms with E-state index in [0.717, 1.165) is 52.6 Å². The Hall–Kier alpha value is -0.160. The zero-order chi connectivity index (χ0) is 12.1. The fourth-order valence-corrected chi connectivity index (χ4v) is 2.41. The minimum Gasteiger partial charge on any atom is -0.380 e. The molecule has 4 nitrogen and oxygen atoms in total. The third-order valence-corrected chi connectivity index (χ3v) is 3.92. The minimum atomic E-state index is 0.348. The Morgan fingerprint density at radius 2 is 1.94 bits per heavy atom. The molecular formula is C13H26N2O2. The molecule has 0 radical (unpaired) electrons. The van der Waals surface area contributed by atoms with Crippen LogP contribution in [0.5, 0.6) is 0 Å². The number of hydrogen-bond acceptors (Lipinski definition) is 4. The van der Waals surface area contributed by atoms with Crippen LogP contribution in [0.3, 0.4) is 0 Å². The number of ether oxygens (including phenoxy) is 2.